The number of esters is 3. The van der Waals surface area contributed by atoms with E-state index in [-0.39, 0.29) is 13.2 Å². The Kier molecular flexibility index (Phi) is 7.83. The van der Waals surface area contributed by atoms with Crippen molar-refractivity contribution < 1.29 is 43.2 Å². The molecule has 0 bridgehead atoms. The lowest BCUT2D eigenvalue weighted by atomic mass is 9.98. The van der Waals surface area contributed by atoms with Gasteiger partial charge in [-0.3, -0.25) is 14.4 Å². The molecule has 5 atom stereocenters. The van der Waals surface area contributed by atoms with Gasteiger partial charge in [0.2, 0.25) is 0 Å². The Balaban J connectivity index is 3.00. The smallest absolute Gasteiger partial charge is 0.303 e. The van der Waals surface area contributed by atoms with Gasteiger partial charge in [-0.05, 0) is 0 Å². The van der Waals surface area contributed by atoms with E-state index in [1.807, 2.05) is 0 Å². The monoisotopic (exact) mass is 346 g/mol. The molecule has 0 amide bonds. The van der Waals surface area contributed by atoms with Crippen LogP contribution in [0.5, 0.6) is 0 Å². The molecule has 1 heterocycles. The minimum atomic E-state index is -1.43. The zero-order valence-electron chi connectivity index (χ0n) is 13.8. The first-order valence-electron chi connectivity index (χ1n) is 7.30. The summed E-state index contributed by atoms with van der Waals surface area (Å²) in [6.45, 7) is 6.79. The molecule has 1 N–H and O–H groups in total. The summed E-state index contributed by atoms with van der Waals surface area (Å²) in [5.74, 6) is -1.92. The molecular formula is C15H22O9. The van der Waals surface area contributed by atoms with Crippen molar-refractivity contribution >= 4 is 17.9 Å². The van der Waals surface area contributed by atoms with Gasteiger partial charge in [0, 0.05) is 20.8 Å². The van der Waals surface area contributed by atoms with Crippen LogP contribution in [-0.4, -0.2) is 66.9 Å². The van der Waals surface area contributed by atoms with Gasteiger partial charge in [0.25, 0.3) is 0 Å². The molecule has 0 aliphatic carbocycles. The van der Waals surface area contributed by atoms with Gasteiger partial charge in [-0.15, -0.1) is 6.58 Å². The van der Waals surface area contributed by atoms with Gasteiger partial charge in [0.05, 0.1) is 6.61 Å². The van der Waals surface area contributed by atoms with Gasteiger partial charge < -0.3 is 28.8 Å². The van der Waals surface area contributed by atoms with E-state index in [1.54, 1.807) is 0 Å². The molecule has 0 radical (unpaired) electrons. The van der Waals surface area contributed by atoms with Crippen molar-refractivity contribution in [2.45, 2.75) is 51.5 Å². The summed E-state index contributed by atoms with van der Waals surface area (Å²) in [6, 6.07) is 0. The summed E-state index contributed by atoms with van der Waals surface area (Å²) < 4.78 is 25.9. The normalized spacial score (nSPS) is 29.4. The Morgan fingerprint density at radius 3 is 2.17 bits per heavy atom. The van der Waals surface area contributed by atoms with Crippen molar-refractivity contribution in [1.82, 2.24) is 0 Å². The summed E-state index contributed by atoms with van der Waals surface area (Å²) >= 11 is 0. The second kappa shape index (κ2) is 9.36. The lowest BCUT2D eigenvalue weighted by Gasteiger charge is -2.42. The Morgan fingerprint density at radius 1 is 1.08 bits per heavy atom. The van der Waals surface area contributed by atoms with Crippen molar-refractivity contribution in [3.63, 3.8) is 0 Å². The summed E-state index contributed by atoms with van der Waals surface area (Å²) in [6.07, 6.45) is -4.54. The van der Waals surface area contributed by atoms with Crippen LogP contribution in [0.3, 0.4) is 0 Å². The molecule has 1 aliphatic heterocycles. The van der Waals surface area contributed by atoms with Gasteiger partial charge >= 0.3 is 17.9 Å². The average Bonchev–Trinajstić information content (AvgIpc) is 2.48. The predicted molar refractivity (Wildman–Crippen MR) is 78.6 cm³/mol. The first-order chi connectivity index (χ1) is 11.3. The highest BCUT2D eigenvalue weighted by atomic mass is 16.7. The summed E-state index contributed by atoms with van der Waals surface area (Å²) in [5, 5.41) is 10.5. The minimum absolute atomic E-state index is 0.0632. The Labute approximate surface area is 139 Å². The number of hydrogen-bond acceptors (Lipinski definition) is 9. The van der Waals surface area contributed by atoms with E-state index in [0.717, 1.165) is 13.8 Å². The fourth-order valence-corrected chi connectivity index (χ4v) is 2.18. The maximum atomic E-state index is 11.3. The van der Waals surface area contributed by atoms with Crippen LogP contribution < -0.4 is 0 Å². The lowest BCUT2D eigenvalue weighted by molar-refractivity contribution is -0.304. The Hall–Kier alpha value is -1.97. The van der Waals surface area contributed by atoms with Crippen LogP contribution in [0.15, 0.2) is 12.7 Å². The molecular weight excluding hydrogens is 324 g/mol. The molecule has 9 nitrogen and oxygen atoms in total. The van der Waals surface area contributed by atoms with E-state index in [4.69, 9.17) is 23.7 Å². The zero-order chi connectivity index (χ0) is 18.3. The quantitative estimate of drug-likeness (QED) is 0.376. The van der Waals surface area contributed by atoms with Crippen LogP contribution in [0, 0.1) is 0 Å². The average molecular weight is 346 g/mol. The van der Waals surface area contributed by atoms with E-state index < -0.39 is 48.6 Å². The highest BCUT2D eigenvalue weighted by Crippen LogP contribution is 2.27. The SMILES string of the molecule is C=CCO[C@@H]1O[C@H](COC(C)=O)[C@H](OC(C)=O)[C@H](O)[C@H]1OC(C)=O. The number of rotatable bonds is 7. The van der Waals surface area contributed by atoms with Crippen molar-refractivity contribution in [1.29, 1.82) is 0 Å². The second-order valence-electron chi connectivity index (χ2n) is 5.11. The lowest BCUT2D eigenvalue weighted by Crippen LogP contribution is -2.61. The topological polar surface area (TPSA) is 118 Å². The molecule has 9 heteroatoms. The largest absolute Gasteiger partial charge is 0.463 e. The van der Waals surface area contributed by atoms with Gasteiger partial charge in [-0.2, -0.15) is 0 Å². The molecule has 0 saturated carbocycles. The highest BCUT2D eigenvalue weighted by Gasteiger charge is 2.49. The molecule has 1 rings (SSSR count). The number of ether oxygens (including phenoxy) is 5. The molecule has 1 aliphatic rings. The molecule has 1 saturated heterocycles. The maximum absolute atomic E-state index is 11.3. The van der Waals surface area contributed by atoms with Crippen LogP contribution in [0.2, 0.25) is 0 Å². The number of carbonyl (C=O) groups excluding carboxylic acids is 3. The Morgan fingerprint density at radius 2 is 1.67 bits per heavy atom. The number of aliphatic hydroxyl groups is 1. The van der Waals surface area contributed by atoms with E-state index >= 15 is 0 Å². The van der Waals surface area contributed by atoms with E-state index in [2.05, 4.69) is 6.58 Å². The zero-order valence-corrected chi connectivity index (χ0v) is 13.8. The van der Waals surface area contributed by atoms with Gasteiger partial charge in [0.15, 0.2) is 18.5 Å². The van der Waals surface area contributed by atoms with E-state index in [1.165, 1.54) is 13.0 Å². The highest BCUT2D eigenvalue weighted by molar-refractivity contribution is 5.67. The van der Waals surface area contributed by atoms with Crippen molar-refractivity contribution in [3.8, 4) is 0 Å². The molecule has 24 heavy (non-hydrogen) atoms. The van der Waals surface area contributed by atoms with E-state index in [9.17, 15) is 19.5 Å². The summed E-state index contributed by atoms with van der Waals surface area (Å²) in [4.78, 5) is 33.5. The van der Waals surface area contributed by atoms with Crippen molar-refractivity contribution in [2.75, 3.05) is 13.2 Å². The number of hydrogen-bond donors (Lipinski definition) is 1. The first kappa shape index (κ1) is 20.1. The van der Waals surface area contributed by atoms with E-state index in [0.29, 0.717) is 0 Å². The predicted octanol–water partition coefficient (Wildman–Crippen LogP) is -0.299. The van der Waals surface area contributed by atoms with Crippen LogP contribution in [0.4, 0.5) is 0 Å². The van der Waals surface area contributed by atoms with Crippen molar-refractivity contribution in [3.05, 3.63) is 12.7 Å². The third kappa shape index (κ3) is 5.91. The third-order valence-corrected chi connectivity index (χ3v) is 3.05. The molecule has 136 valence electrons. The second-order valence-corrected chi connectivity index (χ2v) is 5.11. The van der Waals surface area contributed by atoms with Gasteiger partial charge in [0.1, 0.15) is 18.8 Å². The van der Waals surface area contributed by atoms with Crippen LogP contribution in [0.25, 0.3) is 0 Å². The van der Waals surface area contributed by atoms with Crippen LogP contribution in [-0.2, 0) is 38.1 Å². The molecule has 0 aromatic rings. The van der Waals surface area contributed by atoms with Gasteiger partial charge in [-0.25, -0.2) is 0 Å². The van der Waals surface area contributed by atoms with Crippen LogP contribution >= 0.6 is 0 Å². The molecule has 0 spiro atoms. The molecule has 0 unspecified atom stereocenters. The van der Waals surface area contributed by atoms with Crippen LogP contribution in [0.1, 0.15) is 20.8 Å². The first-order valence-corrected chi connectivity index (χ1v) is 7.30. The fourth-order valence-electron chi connectivity index (χ4n) is 2.18. The number of carbonyl (C=O) groups is 3. The standard InChI is InChI=1S/C15H22O9/c1-5-6-20-15-14(23-10(4)18)12(19)13(22-9(3)17)11(24-15)7-21-8(2)16/h5,11-15,19H,1,6-7H2,2-4H3/t11-,12+,13+,14-,15-/m1/s1. The van der Waals surface area contributed by atoms with Gasteiger partial charge in [-0.1, -0.05) is 6.08 Å². The molecule has 1 fully saturated rings. The maximum Gasteiger partial charge on any atom is 0.303 e. The minimum Gasteiger partial charge on any atom is -0.463 e. The number of aliphatic hydroxyl groups excluding tert-OH is 1. The summed E-state index contributed by atoms with van der Waals surface area (Å²) in [7, 11) is 0. The molecule has 0 aromatic heterocycles. The Bertz CT molecular complexity index is 474. The summed E-state index contributed by atoms with van der Waals surface area (Å²) in [5.41, 5.74) is 0. The fraction of sp³-hybridized carbons (Fsp3) is 0.667. The molecule has 0 aromatic carbocycles. The van der Waals surface area contributed by atoms with Crippen molar-refractivity contribution in [2.24, 2.45) is 0 Å². The third-order valence-electron chi connectivity index (χ3n) is 3.05.